The monoisotopic (exact) mass is 267 g/mol. The third-order valence-electron chi connectivity index (χ3n) is 4.91. The van der Waals surface area contributed by atoms with Crippen LogP contribution in [0.2, 0.25) is 0 Å². The van der Waals surface area contributed by atoms with Crippen molar-refractivity contribution in [1.82, 2.24) is 9.80 Å². The second kappa shape index (κ2) is 6.11. The number of piperazine rings is 1. The van der Waals surface area contributed by atoms with Crippen LogP contribution in [-0.4, -0.2) is 54.6 Å². The van der Waals surface area contributed by atoms with E-state index in [0.29, 0.717) is 17.5 Å². The molecule has 2 aliphatic rings. The molecule has 0 radical (unpaired) electrons. The van der Waals surface area contributed by atoms with Gasteiger partial charge in [0.15, 0.2) is 0 Å². The fourth-order valence-electron chi connectivity index (χ4n) is 3.76. The van der Waals surface area contributed by atoms with Gasteiger partial charge in [-0.15, -0.1) is 0 Å². The summed E-state index contributed by atoms with van der Waals surface area (Å²) in [5.41, 5.74) is 6.87. The summed E-state index contributed by atoms with van der Waals surface area (Å²) in [7, 11) is 0. The smallest absolute Gasteiger partial charge is 0.0253 e. The maximum absolute atomic E-state index is 6.39. The molecule has 1 heterocycles. The van der Waals surface area contributed by atoms with Crippen molar-refractivity contribution in [3.63, 3.8) is 0 Å². The average molecular weight is 267 g/mol. The van der Waals surface area contributed by atoms with Gasteiger partial charge in [-0.25, -0.2) is 0 Å². The Kier molecular flexibility index (Phi) is 4.91. The topological polar surface area (TPSA) is 32.5 Å². The summed E-state index contributed by atoms with van der Waals surface area (Å²) < 4.78 is 0. The minimum atomic E-state index is 0.393. The van der Waals surface area contributed by atoms with Crippen LogP contribution in [-0.2, 0) is 0 Å². The van der Waals surface area contributed by atoms with Crippen LogP contribution in [0.15, 0.2) is 0 Å². The molecule has 0 amide bonds. The predicted molar refractivity (Wildman–Crippen MR) is 82.2 cm³/mol. The molecule has 2 unspecified atom stereocenters. The van der Waals surface area contributed by atoms with Gasteiger partial charge in [0.25, 0.3) is 0 Å². The van der Waals surface area contributed by atoms with Gasteiger partial charge in [0, 0.05) is 44.8 Å². The van der Waals surface area contributed by atoms with Crippen molar-refractivity contribution in [3.05, 3.63) is 0 Å². The van der Waals surface area contributed by atoms with E-state index in [-0.39, 0.29) is 0 Å². The number of hydrogen-bond donors (Lipinski definition) is 1. The van der Waals surface area contributed by atoms with E-state index in [0.717, 1.165) is 5.92 Å². The Labute approximate surface area is 119 Å². The van der Waals surface area contributed by atoms with Gasteiger partial charge in [-0.3, -0.25) is 4.90 Å². The van der Waals surface area contributed by atoms with Crippen molar-refractivity contribution < 1.29 is 0 Å². The van der Waals surface area contributed by atoms with Crippen molar-refractivity contribution in [1.29, 1.82) is 0 Å². The lowest BCUT2D eigenvalue weighted by molar-refractivity contribution is 0.0349. The molecule has 112 valence electrons. The maximum Gasteiger partial charge on any atom is 0.0253 e. The summed E-state index contributed by atoms with van der Waals surface area (Å²) in [6, 6.07) is 1.01. The lowest BCUT2D eigenvalue weighted by Crippen LogP contribution is -2.58. The van der Waals surface area contributed by atoms with Gasteiger partial charge in [-0.1, -0.05) is 27.7 Å². The summed E-state index contributed by atoms with van der Waals surface area (Å²) in [5, 5.41) is 0. The van der Waals surface area contributed by atoms with Gasteiger partial charge in [0.2, 0.25) is 0 Å². The second-order valence-corrected chi connectivity index (χ2v) is 7.87. The molecule has 0 aromatic heterocycles. The fourth-order valence-corrected chi connectivity index (χ4v) is 3.76. The first-order chi connectivity index (χ1) is 8.87. The molecular formula is C16H33N3. The molecule has 0 aromatic carbocycles. The number of nitrogens with zero attached hydrogens (tertiary/aromatic N) is 2. The van der Waals surface area contributed by atoms with Crippen LogP contribution < -0.4 is 5.73 Å². The summed E-state index contributed by atoms with van der Waals surface area (Å²) in [4.78, 5) is 5.28. The first-order valence-electron chi connectivity index (χ1n) is 8.09. The zero-order valence-electron chi connectivity index (χ0n) is 13.4. The van der Waals surface area contributed by atoms with E-state index < -0.39 is 0 Å². The molecule has 3 nitrogen and oxygen atoms in total. The zero-order chi connectivity index (χ0) is 14.0. The van der Waals surface area contributed by atoms with E-state index in [1.165, 1.54) is 52.0 Å². The Morgan fingerprint density at radius 2 is 1.79 bits per heavy atom. The van der Waals surface area contributed by atoms with Gasteiger partial charge < -0.3 is 10.6 Å². The van der Waals surface area contributed by atoms with E-state index in [2.05, 4.69) is 37.5 Å². The second-order valence-electron chi connectivity index (χ2n) is 7.87. The highest BCUT2D eigenvalue weighted by Gasteiger charge is 2.37. The zero-order valence-corrected chi connectivity index (χ0v) is 13.4. The molecule has 3 heteroatoms. The first kappa shape index (κ1) is 15.3. The van der Waals surface area contributed by atoms with Crippen LogP contribution in [0.3, 0.4) is 0 Å². The third-order valence-corrected chi connectivity index (χ3v) is 4.91. The van der Waals surface area contributed by atoms with Crippen molar-refractivity contribution in [3.8, 4) is 0 Å². The van der Waals surface area contributed by atoms with Gasteiger partial charge in [0.05, 0.1) is 0 Å². The lowest BCUT2D eigenvalue weighted by atomic mass is 9.72. The van der Waals surface area contributed by atoms with Crippen LogP contribution in [0.1, 0.15) is 47.0 Å². The molecule has 1 aliphatic carbocycles. The van der Waals surface area contributed by atoms with Gasteiger partial charge in [-0.05, 0) is 30.6 Å². The van der Waals surface area contributed by atoms with Gasteiger partial charge in [0.1, 0.15) is 0 Å². The summed E-state index contributed by atoms with van der Waals surface area (Å²) in [6.45, 7) is 15.5. The third kappa shape index (κ3) is 4.17. The van der Waals surface area contributed by atoms with Gasteiger partial charge in [-0.2, -0.15) is 0 Å². The van der Waals surface area contributed by atoms with Crippen LogP contribution in [0.5, 0.6) is 0 Å². The van der Waals surface area contributed by atoms with Crippen molar-refractivity contribution in [2.24, 2.45) is 17.1 Å². The highest BCUT2D eigenvalue weighted by Crippen LogP contribution is 2.37. The average Bonchev–Trinajstić information content (AvgIpc) is 2.33. The molecule has 0 bridgehead atoms. The van der Waals surface area contributed by atoms with E-state index in [9.17, 15) is 0 Å². The minimum absolute atomic E-state index is 0.393. The largest absolute Gasteiger partial charge is 0.326 e. The molecule has 1 saturated heterocycles. The highest BCUT2D eigenvalue weighted by molar-refractivity contribution is 4.94. The van der Waals surface area contributed by atoms with Crippen LogP contribution in [0.25, 0.3) is 0 Å². The molecule has 19 heavy (non-hydrogen) atoms. The van der Waals surface area contributed by atoms with E-state index in [4.69, 9.17) is 5.73 Å². The standard InChI is InChI=1S/C16H33N3/c1-13(2)12-18-7-9-19(10-8-18)15-11-16(3,4)6-5-14(15)17/h13-15H,5-12,17H2,1-4H3. The molecule has 2 atom stereocenters. The van der Waals surface area contributed by atoms with E-state index in [1.54, 1.807) is 0 Å². The Morgan fingerprint density at radius 3 is 2.37 bits per heavy atom. The molecular weight excluding hydrogens is 234 g/mol. The maximum atomic E-state index is 6.39. The molecule has 2 fully saturated rings. The van der Waals surface area contributed by atoms with Crippen molar-refractivity contribution >= 4 is 0 Å². The molecule has 1 aliphatic heterocycles. The number of rotatable bonds is 3. The number of hydrogen-bond acceptors (Lipinski definition) is 3. The molecule has 0 spiro atoms. The lowest BCUT2D eigenvalue weighted by Gasteiger charge is -2.47. The molecule has 2 rings (SSSR count). The summed E-state index contributed by atoms with van der Waals surface area (Å²) >= 11 is 0. The van der Waals surface area contributed by atoms with Crippen LogP contribution >= 0.6 is 0 Å². The van der Waals surface area contributed by atoms with Crippen molar-refractivity contribution in [2.75, 3.05) is 32.7 Å². The molecule has 0 aromatic rings. The fraction of sp³-hybridized carbons (Fsp3) is 1.00. The van der Waals surface area contributed by atoms with Gasteiger partial charge >= 0.3 is 0 Å². The summed E-state index contributed by atoms with van der Waals surface area (Å²) in [5.74, 6) is 0.780. The Hall–Kier alpha value is -0.120. The quantitative estimate of drug-likeness (QED) is 0.850. The molecule has 2 N–H and O–H groups in total. The van der Waals surface area contributed by atoms with Crippen LogP contribution in [0.4, 0.5) is 0 Å². The van der Waals surface area contributed by atoms with Crippen molar-refractivity contribution in [2.45, 2.75) is 59.0 Å². The normalized spacial score (nSPS) is 33.8. The highest BCUT2D eigenvalue weighted by atomic mass is 15.3. The minimum Gasteiger partial charge on any atom is -0.326 e. The van der Waals surface area contributed by atoms with E-state index >= 15 is 0 Å². The number of nitrogens with two attached hydrogens (primary N) is 1. The Bertz CT molecular complexity index is 280. The SMILES string of the molecule is CC(C)CN1CCN(C2CC(C)(C)CCC2N)CC1. The predicted octanol–water partition coefficient (Wildman–Crippen LogP) is 2.17. The first-order valence-corrected chi connectivity index (χ1v) is 8.09. The van der Waals surface area contributed by atoms with Crippen LogP contribution in [0, 0.1) is 11.3 Å². The molecule has 1 saturated carbocycles. The summed E-state index contributed by atoms with van der Waals surface area (Å²) in [6.07, 6.45) is 3.76. The Balaban J connectivity index is 1.86. The van der Waals surface area contributed by atoms with E-state index in [1.807, 2.05) is 0 Å². The Morgan fingerprint density at radius 1 is 1.16 bits per heavy atom.